The summed E-state index contributed by atoms with van der Waals surface area (Å²) in [5.41, 5.74) is 2.48. The molecule has 0 bridgehead atoms. The van der Waals surface area contributed by atoms with E-state index in [1.165, 1.54) is 12.8 Å². The van der Waals surface area contributed by atoms with Crippen LogP contribution < -0.4 is 0 Å². The minimum atomic E-state index is 0.0712. The van der Waals surface area contributed by atoms with Crippen molar-refractivity contribution in [3.8, 4) is 0 Å². The Balaban J connectivity index is 1.66. The number of hydrogen-bond acceptors (Lipinski definition) is 4. The second-order valence-electron chi connectivity index (χ2n) is 7.13. The van der Waals surface area contributed by atoms with E-state index in [1.807, 2.05) is 24.0 Å². The van der Waals surface area contributed by atoms with Crippen molar-refractivity contribution < 1.29 is 9.32 Å². The van der Waals surface area contributed by atoms with Crippen LogP contribution >= 0.6 is 34.8 Å². The highest BCUT2D eigenvalue weighted by Crippen LogP contribution is 2.24. The number of carbonyl (C=O) groups is 1. The molecule has 0 saturated carbocycles. The van der Waals surface area contributed by atoms with Gasteiger partial charge in [0.2, 0.25) is 11.1 Å². The number of carbonyl (C=O) groups excluding carboxylic acids is 1. The van der Waals surface area contributed by atoms with Crippen molar-refractivity contribution in [1.29, 1.82) is 0 Å². The van der Waals surface area contributed by atoms with Crippen LogP contribution in [0.25, 0.3) is 0 Å². The molecule has 1 aliphatic rings. The molecule has 0 unspecified atom stereocenters. The van der Waals surface area contributed by atoms with Crippen molar-refractivity contribution in [1.82, 2.24) is 15.0 Å². The first-order chi connectivity index (χ1) is 13.4. The Hall–Kier alpha value is -1.27. The van der Waals surface area contributed by atoms with E-state index in [0.717, 1.165) is 36.5 Å². The van der Waals surface area contributed by atoms with E-state index < -0.39 is 0 Å². The first kappa shape index (κ1) is 21.4. The standard InChI is InChI=1S/C20H24Cl3N3O2/c1-14-16(20(23)28-24-14)5-7-19(27)26(11-10-25-8-2-3-9-25)13-15-4-6-17(21)18(22)12-15/h4,6,12H,2-3,5,7-11,13H2,1H3. The Bertz CT molecular complexity index is 800. The van der Waals surface area contributed by atoms with Crippen LogP contribution in [0.15, 0.2) is 22.7 Å². The van der Waals surface area contributed by atoms with E-state index in [0.29, 0.717) is 36.0 Å². The smallest absolute Gasteiger partial charge is 0.229 e. The molecule has 1 aromatic carbocycles. The van der Waals surface area contributed by atoms with Crippen LogP contribution in [0.2, 0.25) is 15.3 Å². The summed E-state index contributed by atoms with van der Waals surface area (Å²) in [4.78, 5) is 17.3. The van der Waals surface area contributed by atoms with Crippen molar-refractivity contribution in [2.75, 3.05) is 26.2 Å². The third-order valence-electron chi connectivity index (χ3n) is 5.12. The molecule has 0 spiro atoms. The monoisotopic (exact) mass is 443 g/mol. The molecule has 28 heavy (non-hydrogen) atoms. The Morgan fingerprint density at radius 2 is 1.96 bits per heavy atom. The van der Waals surface area contributed by atoms with Gasteiger partial charge >= 0.3 is 0 Å². The highest BCUT2D eigenvalue weighted by Gasteiger charge is 2.20. The molecule has 0 radical (unpaired) electrons. The van der Waals surface area contributed by atoms with Gasteiger partial charge in [0.1, 0.15) is 0 Å². The maximum atomic E-state index is 13.0. The second kappa shape index (κ2) is 9.97. The van der Waals surface area contributed by atoms with Crippen LogP contribution in [0.5, 0.6) is 0 Å². The van der Waals surface area contributed by atoms with Gasteiger partial charge in [0.25, 0.3) is 0 Å². The number of benzene rings is 1. The molecule has 1 amide bonds. The number of hydrogen-bond donors (Lipinski definition) is 0. The predicted molar refractivity (Wildman–Crippen MR) is 112 cm³/mol. The third-order valence-corrected chi connectivity index (χ3v) is 6.16. The minimum Gasteiger partial charge on any atom is -0.344 e. The molecule has 2 aromatic rings. The van der Waals surface area contributed by atoms with Crippen molar-refractivity contribution in [3.05, 3.63) is 50.3 Å². The molecule has 152 valence electrons. The summed E-state index contributed by atoms with van der Waals surface area (Å²) < 4.78 is 4.98. The summed E-state index contributed by atoms with van der Waals surface area (Å²) in [5, 5.41) is 5.12. The molecule has 1 saturated heterocycles. The van der Waals surface area contributed by atoms with Crippen LogP contribution in [0.4, 0.5) is 0 Å². The van der Waals surface area contributed by atoms with Crippen molar-refractivity contribution in [2.24, 2.45) is 0 Å². The van der Waals surface area contributed by atoms with Crippen molar-refractivity contribution in [3.63, 3.8) is 0 Å². The van der Waals surface area contributed by atoms with Crippen LogP contribution in [0, 0.1) is 6.92 Å². The lowest BCUT2D eigenvalue weighted by molar-refractivity contribution is -0.132. The fourth-order valence-corrected chi connectivity index (χ4v) is 4.04. The number of halogens is 3. The molecule has 0 atom stereocenters. The zero-order valence-corrected chi connectivity index (χ0v) is 18.2. The Morgan fingerprint density at radius 1 is 1.21 bits per heavy atom. The van der Waals surface area contributed by atoms with Crippen LogP contribution in [0.3, 0.4) is 0 Å². The number of nitrogens with zero attached hydrogens (tertiary/aromatic N) is 3. The molecule has 3 rings (SSSR count). The molecule has 5 nitrogen and oxygen atoms in total. The largest absolute Gasteiger partial charge is 0.344 e. The van der Waals surface area contributed by atoms with Gasteiger partial charge in [0, 0.05) is 31.6 Å². The SMILES string of the molecule is Cc1noc(Cl)c1CCC(=O)N(CCN1CCCC1)Cc1ccc(Cl)c(Cl)c1. The summed E-state index contributed by atoms with van der Waals surface area (Å²) in [6, 6.07) is 5.50. The Morgan fingerprint density at radius 3 is 2.61 bits per heavy atom. The highest BCUT2D eigenvalue weighted by atomic mass is 35.5. The van der Waals surface area contributed by atoms with E-state index in [1.54, 1.807) is 6.07 Å². The lowest BCUT2D eigenvalue weighted by atomic mass is 10.1. The quantitative estimate of drug-likeness (QED) is 0.575. The number of aryl methyl sites for hydroxylation is 1. The van der Waals surface area contributed by atoms with Crippen molar-refractivity contribution in [2.45, 2.75) is 39.2 Å². The maximum Gasteiger partial charge on any atom is 0.229 e. The van der Waals surface area contributed by atoms with E-state index >= 15 is 0 Å². The van der Waals surface area contributed by atoms with E-state index in [9.17, 15) is 4.79 Å². The van der Waals surface area contributed by atoms with Gasteiger partial charge < -0.3 is 14.3 Å². The van der Waals surface area contributed by atoms with Gasteiger partial charge in [-0.2, -0.15) is 0 Å². The first-order valence-electron chi connectivity index (χ1n) is 9.48. The van der Waals surface area contributed by atoms with Crippen LogP contribution in [-0.2, 0) is 17.8 Å². The van der Waals surface area contributed by atoms with E-state index in [4.69, 9.17) is 39.3 Å². The molecular weight excluding hydrogens is 421 g/mol. The Labute approximate surface area is 180 Å². The summed E-state index contributed by atoms with van der Waals surface area (Å²) in [6.07, 6.45) is 3.32. The molecule has 1 aliphatic heterocycles. The lowest BCUT2D eigenvalue weighted by Crippen LogP contribution is -2.37. The normalized spacial score (nSPS) is 14.6. The number of amides is 1. The Kier molecular flexibility index (Phi) is 7.63. The molecule has 1 fully saturated rings. The molecule has 8 heteroatoms. The molecular formula is C20H24Cl3N3O2. The van der Waals surface area contributed by atoms with Crippen molar-refractivity contribution >= 4 is 40.7 Å². The topological polar surface area (TPSA) is 49.6 Å². The van der Waals surface area contributed by atoms with Crippen LogP contribution in [0.1, 0.15) is 36.1 Å². The van der Waals surface area contributed by atoms with Gasteiger partial charge in [0.15, 0.2) is 0 Å². The molecule has 1 aromatic heterocycles. The minimum absolute atomic E-state index is 0.0712. The molecule has 0 aliphatic carbocycles. The fourth-order valence-electron chi connectivity index (χ4n) is 3.45. The van der Waals surface area contributed by atoms with E-state index in [2.05, 4.69) is 10.1 Å². The summed E-state index contributed by atoms with van der Waals surface area (Å²) in [6.45, 7) is 6.08. The lowest BCUT2D eigenvalue weighted by Gasteiger charge is -2.26. The average Bonchev–Trinajstić information content (AvgIpc) is 3.30. The maximum absolute atomic E-state index is 13.0. The summed E-state index contributed by atoms with van der Waals surface area (Å²) in [5.74, 6) is 0.0712. The van der Waals surface area contributed by atoms with Gasteiger partial charge in [-0.1, -0.05) is 34.4 Å². The fraction of sp³-hybridized carbons (Fsp3) is 0.500. The third kappa shape index (κ3) is 5.63. The summed E-state index contributed by atoms with van der Waals surface area (Å²) in [7, 11) is 0. The van der Waals surface area contributed by atoms with Gasteiger partial charge in [0.05, 0.1) is 15.7 Å². The molecule has 2 heterocycles. The van der Waals surface area contributed by atoms with Crippen LogP contribution in [-0.4, -0.2) is 47.0 Å². The predicted octanol–water partition coefficient (Wildman–Crippen LogP) is 5.00. The van der Waals surface area contributed by atoms with Gasteiger partial charge in [-0.15, -0.1) is 0 Å². The zero-order chi connectivity index (χ0) is 20.1. The number of likely N-dealkylation sites (tertiary alicyclic amines) is 1. The van der Waals surface area contributed by atoms with E-state index in [-0.39, 0.29) is 11.1 Å². The summed E-state index contributed by atoms with van der Waals surface area (Å²) >= 11 is 18.2. The highest BCUT2D eigenvalue weighted by molar-refractivity contribution is 6.42. The average molecular weight is 445 g/mol. The number of aromatic nitrogens is 1. The van der Waals surface area contributed by atoms with Gasteiger partial charge in [-0.25, -0.2) is 0 Å². The zero-order valence-electron chi connectivity index (χ0n) is 15.9. The molecule has 0 N–H and O–H groups in total. The van der Waals surface area contributed by atoms with Gasteiger partial charge in [-0.05, 0) is 68.6 Å². The van der Waals surface area contributed by atoms with Gasteiger partial charge in [-0.3, -0.25) is 4.79 Å². The second-order valence-corrected chi connectivity index (χ2v) is 8.29. The first-order valence-corrected chi connectivity index (χ1v) is 10.6. The number of rotatable bonds is 8.